The van der Waals surface area contributed by atoms with Crippen molar-refractivity contribution in [2.45, 2.75) is 39.7 Å². The number of aliphatic imine (C=N–C) groups is 1. The number of nitrogens with one attached hydrogen (secondary N) is 1. The Labute approximate surface area is 150 Å². The highest BCUT2D eigenvalue weighted by molar-refractivity contribution is 5.80. The first-order valence-corrected chi connectivity index (χ1v) is 8.99. The standard InChI is InChI=1S/C19H30N4O2/c1-4-25-17-8-7-15(10-14(17)2)12-22-19(21-3)23-9-5-6-16(13-23)11-18(20)24/h7-8,10,16H,4-6,9,11-13H2,1-3H3,(H2,20,24)(H,21,22). The predicted molar refractivity (Wildman–Crippen MR) is 101 cm³/mol. The van der Waals surface area contributed by atoms with Crippen molar-refractivity contribution in [2.75, 3.05) is 26.7 Å². The molecule has 2 rings (SSSR count). The molecule has 0 aliphatic carbocycles. The third-order valence-electron chi connectivity index (χ3n) is 4.51. The second-order valence-corrected chi connectivity index (χ2v) is 6.56. The van der Waals surface area contributed by atoms with Gasteiger partial charge in [0, 0.05) is 33.1 Å². The van der Waals surface area contributed by atoms with E-state index in [4.69, 9.17) is 10.5 Å². The van der Waals surface area contributed by atoms with Gasteiger partial charge in [0.2, 0.25) is 5.91 Å². The molecule has 3 N–H and O–H groups in total. The van der Waals surface area contributed by atoms with Crippen molar-refractivity contribution in [1.29, 1.82) is 0 Å². The molecule has 0 saturated carbocycles. The Morgan fingerprint density at radius 1 is 1.48 bits per heavy atom. The zero-order chi connectivity index (χ0) is 18.2. The molecule has 1 aliphatic heterocycles. The lowest BCUT2D eigenvalue weighted by molar-refractivity contribution is -0.119. The summed E-state index contributed by atoms with van der Waals surface area (Å²) in [5.41, 5.74) is 7.67. The molecular weight excluding hydrogens is 316 g/mol. The lowest BCUT2D eigenvalue weighted by Crippen LogP contribution is -2.46. The number of aryl methyl sites for hydroxylation is 1. The summed E-state index contributed by atoms with van der Waals surface area (Å²) in [6.07, 6.45) is 2.56. The number of rotatable bonds is 6. The number of carbonyl (C=O) groups excluding carboxylic acids is 1. The van der Waals surface area contributed by atoms with Gasteiger partial charge in [-0.25, -0.2) is 0 Å². The Morgan fingerprint density at radius 3 is 2.92 bits per heavy atom. The molecule has 1 aromatic rings. The Bertz CT molecular complexity index is 615. The van der Waals surface area contributed by atoms with E-state index in [-0.39, 0.29) is 5.91 Å². The molecule has 1 aromatic carbocycles. The number of hydrogen-bond acceptors (Lipinski definition) is 3. The highest BCUT2D eigenvalue weighted by atomic mass is 16.5. The van der Waals surface area contributed by atoms with Crippen LogP contribution in [0.4, 0.5) is 0 Å². The fourth-order valence-electron chi connectivity index (χ4n) is 3.36. The van der Waals surface area contributed by atoms with Crippen LogP contribution in [0.2, 0.25) is 0 Å². The first-order chi connectivity index (χ1) is 12.0. The van der Waals surface area contributed by atoms with Gasteiger partial charge in [0.1, 0.15) is 5.75 Å². The van der Waals surface area contributed by atoms with Crippen LogP contribution in [0, 0.1) is 12.8 Å². The fraction of sp³-hybridized carbons (Fsp3) is 0.579. The lowest BCUT2D eigenvalue weighted by atomic mass is 9.95. The zero-order valence-corrected chi connectivity index (χ0v) is 15.5. The van der Waals surface area contributed by atoms with E-state index in [1.54, 1.807) is 7.05 Å². The van der Waals surface area contributed by atoms with Crippen molar-refractivity contribution in [1.82, 2.24) is 10.2 Å². The van der Waals surface area contributed by atoms with Crippen LogP contribution in [0.5, 0.6) is 5.75 Å². The summed E-state index contributed by atoms with van der Waals surface area (Å²) in [6.45, 7) is 7.21. The average Bonchev–Trinajstić information content (AvgIpc) is 2.58. The van der Waals surface area contributed by atoms with Crippen LogP contribution >= 0.6 is 0 Å². The number of nitrogens with zero attached hydrogens (tertiary/aromatic N) is 2. The molecule has 0 radical (unpaired) electrons. The zero-order valence-electron chi connectivity index (χ0n) is 15.5. The molecule has 0 bridgehead atoms. The van der Waals surface area contributed by atoms with Crippen molar-refractivity contribution in [3.63, 3.8) is 0 Å². The number of amides is 1. The number of guanidine groups is 1. The predicted octanol–water partition coefficient (Wildman–Crippen LogP) is 2.06. The molecule has 6 heteroatoms. The first-order valence-electron chi connectivity index (χ1n) is 8.99. The SMILES string of the molecule is CCOc1ccc(CNC(=NC)N2CCCC(CC(N)=O)C2)cc1C. The molecule has 0 spiro atoms. The van der Waals surface area contributed by atoms with Crippen LogP contribution in [0.3, 0.4) is 0 Å². The molecule has 1 unspecified atom stereocenters. The minimum atomic E-state index is -0.223. The van der Waals surface area contributed by atoms with Gasteiger partial charge in [-0.3, -0.25) is 9.79 Å². The summed E-state index contributed by atoms with van der Waals surface area (Å²) in [5.74, 6) is 1.90. The maximum absolute atomic E-state index is 11.2. The number of piperidine rings is 1. The quantitative estimate of drug-likeness (QED) is 0.610. The van der Waals surface area contributed by atoms with E-state index >= 15 is 0 Å². The summed E-state index contributed by atoms with van der Waals surface area (Å²) in [7, 11) is 1.80. The van der Waals surface area contributed by atoms with E-state index in [0.717, 1.165) is 43.2 Å². The summed E-state index contributed by atoms with van der Waals surface area (Å²) < 4.78 is 5.59. The Kier molecular flexibility index (Phi) is 7.10. The first kappa shape index (κ1) is 19.1. The van der Waals surface area contributed by atoms with E-state index < -0.39 is 0 Å². The van der Waals surface area contributed by atoms with Gasteiger partial charge in [-0.15, -0.1) is 0 Å². The third kappa shape index (κ3) is 5.66. The van der Waals surface area contributed by atoms with Crippen molar-refractivity contribution in [3.8, 4) is 5.75 Å². The van der Waals surface area contributed by atoms with Crippen molar-refractivity contribution < 1.29 is 9.53 Å². The largest absolute Gasteiger partial charge is 0.494 e. The number of primary amides is 1. The second kappa shape index (κ2) is 9.30. The molecule has 6 nitrogen and oxygen atoms in total. The normalized spacial score (nSPS) is 18.1. The van der Waals surface area contributed by atoms with E-state index in [0.29, 0.717) is 25.5 Å². The van der Waals surface area contributed by atoms with Gasteiger partial charge >= 0.3 is 0 Å². The minimum Gasteiger partial charge on any atom is -0.494 e. The number of likely N-dealkylation sites (tertiary alicyclic amines) is 1. The molecule has 1 heterocycles. The van der Waals surface area contributed by atoms with Gasteiger partial charge < -0.3 is 20.7 Å². The maximum atomic E-state index is 11.2. The molecule has 1 amide bonds. The molecule has 1 aliphatic rings. The molecule has 25 heavy (non-hydrogen) atoms. The fourth-order valence-corrected chi connectivity index (χ4v) is 3.36. The Hall–Kier alpha value is -2.24. The summed E-state index contributed by atoms with van der Waals surface area (Å²) in [5, 5.41) is 3.43. The number of carbonyl (C=O) groups is 1. The highest BCUT2D eigenvalue weighted by Gasteiger charge is 2.23. The van der Waals surface area contributed by atoms with E-state index in [9.17, 15) is 4.79 Å². The van der Waals surface area contributed by atoms with Crippen molar-refractivity contribution in [3.05, 3.63) is 29.3 Å². The maximum Gasteiger partial charge on any atom is 0.217 e. The van der Waals surface area contributed by atoms with E-state index in [1.807, 2.05) is 13.0 Å². The Morgan fingerprint density at radius 2 is 2.28 bits per heavy atom. The van der Waals surface area contributed by atoms with Gasteiger partial charge in [-0.2, -0.15) is 0 Å². The molecule has 1 fully saturated rings. The number of ether oxygens (including phenoxy) is 1. The van der Waals surface area contributed by atoms with Crippen LogP contribution in [-0.2, 0) is 11.3 Å². The van der Waals surface area contributed by atoms with Crippen LogP contribution in [-0.4, -0.2) is 43.5 Å². The molecular formula is C19H30N4O2. The second-order valence-electron chi connectivity index (χ2n) is 6.56. The van der Waals surface area contributed by atoms with Gasteiger partial charge in [0.15, 0.2) is 5.96 Å². The van der Waals surface area contributed by atoms with Gasteiger partial charge in [-0.1, -0.05) is 12.1 Å². The van der Waals surface area contributed by atoms with Gasteiger partial charge in [0.25, 0.3) is 0 Å². The topological polar surface area (TPSA) is 79.9 Å². The number of nitrogens with two attached hydrogens (primary N) is 1. The highest BCUT2D eigenvalue weighted by Crippen LogP contribution is 2.21. The average molecular weight is 346 g/mol. The van der Waals surface area contributed by atoms with Crippen LogP contribution in [0.1, 0.15) is 37.3 Å². The molecule has 1 saturated heterocycles. The summed E-state index contributed by atoms with van der Waals surface area (Å²) >= 11 is 0. The van der Waals surface area contributed by atoms with Gasteiger partial charge in [-0.05, 0) is 49.8 Å². The summed E-state index contributed by atoms with van der Waals surface area (Å²) in [4.78, 5) is 17.8. The monoisotopic (exact) mass is 346 g/mol. The number of hydrogen-bond donors (Lipinski definition) is 2. The van der Waals surface area contributed by atoms with Crippen LogP contribution < -0.4 is 15.8 Å². The smallest absolute Gasteiger partial charge is 0.217 e. The van der Waals surface area contributed by atoms with Crippen molar-refractivity contribution >= 4 is 11.9 Å². The van der Waals surface area contributed by atoms with E-state index in [2.05, 4.69) is 34.3 Å². The molecule has 0 aromatic heterocycles. The molecule has 1 atom stereocenters. The number of benzene rings is 1. The Balaban J connectivity index is 1.93. The van der Waals surface area contributed by atoms with E-state index in [1.165, 1.54) is 5.56 Å². The molecule has 138 valence electrons. The summed E-state index contributed by atoms with van der Waals surface area (Å²) in [6, 6.07) is 6.23. The van der Waals surface area contributed by atoms with Crippen LogP contribution in [0.25, 0.3) is 0 Å². The third-order valence-corrected chi connectivity index (χ3v) is 4.51. The lowest BCUT2D eigenvalue weighted by Gasteiger charge is -2.34. The van der Waals surface area contributed by atoms with Crippen LogP contribution in [0.15, 0.2) is 23.2 Å². The minimum absolute atomic E-state index is 0.223. The van der Waals surface area contributed by atoms with Gasteiger partial charge in [0.05, 0.1) is 6.61 Å². The van der Waals surface area contributed by atoms with Crippen molar-refractivity contribution in [2.24, 2.45) is 16.6 Å².